The minimum atomic E-state index is 0.00926. The van der Waals surface area contributed by atoms with Crippen LogP contribution in [0.25, 0.3) is 0 Å². The highest BCUT2D eigenvalue weighted by molar-refractivity contribution is 9.10. The van der Waals surface area contributed by atoms with Gasteiger partial charge >= 0.3 is 0 Å². The predicted molar refractivity (Wildman–Crippen MR) is 102 cm³/mol. The number of halogens is 3. The monoisotopic (exact) mass is 413 g/mol. The zero-order valence-electron chi connectivity index (χ0n) is 13.3. The average molecular weight is 415 g/mol. The van der Waals surface area contributed by atoms with Crippen molar-refractivity contribution in [3.05, 3.63) is 56.0 Å². The second kappa shape index (κ2) is 7.69. The highest BCUT2D eigenvalue weighted by Gasteiger charge is 2.29. The van der Waals surface area contributed by atoms with Crippen LogP contribution in [-0.2, 0) is 11.2 Å². The van der Waals surface area contributed by atoms with Gasteiger partial charge in [-0.05, 0) is 48.7 Å². The Balaban J connectivity index is 0.000000924. The maximum Gasteiger partial charge on any atom is 0.231 e. The van der Waals surface area contributed by atoms with Gasteiger partial charge in [0.05, 0.1) is 21.4 Å². The second-order valence-electron chi connectivity index (χ2n) is 5.04. The molecule has 0 saturated carbocycles. The third-order valence-electron chi connectivity index (χ3n) is 3.56. The Kier molecular flexibility index (Phi) is 6.12. The van der Waals surface area contributed by atoms with E-state index in [2.05, 4.69) is 22.0 Å². The van der Waals surface area contributed by atoms with E-state index in [1.807, 2.05) is 26.8 Å². The Morgan fingerprint density at radius 2 is 1.70 bits per heavy atom. The standard InChI is InChI=1S/C16H12BrCl2NO.C2H6/c1-9-7-11(17)10-5-6-15(21)20(14(10)8-9)16-12(18)3-2-4-13(16)19;1-2/h2-4,7-8H,5-6H2,1H3;1-2H3. The number of hydrogen-bond acceptors (Lipinski definition) is 1. The van der Waals surface area contributed by atoms with Gasteiger partial charge in [-0.1, -0.05) is 59.0 Å². The number of rotatable bonds is 1. The molecule has 0 unspecified atom stereocenters. The third-order valence-corrected chi connectivity index (χ3v) is 4.87. The van der Waals surface area contributed by atoms with Crippen LogP contribution in [0.15, 0.2) is 34.8 Å². The molecular weight excluding hydrogens is 397 g/mol. The number of carbonyl (C=O) groups is 1. The summed E-state index contributed by atoms with van der Waals surface area (Å²) in [5, 5.41) is 0.947. The van der Waals surface area contributed by atoms with E-state index in [4.69, 9.17) is 23.2 Å². The quantitative estimate of drug-likeness (QED) is 0.508. The number of para-hydroxylation sites is 1. The van der Waals surface area contributed by atoms with Crippen molar-refractivity contribution in [1.82, 2.24) is 0 Å². The van der Waals surface area contributed by atoms with Crippen molar-refractivity contribution in [3.63, 3.8) is 0 Å². The molecule has 1 heterocycles. The minimum absolute atomic E-state index is 0.00926. The van der Waals surface area contributed by atoms with E-state index in [0.29, 0.717) is 28.6 Å². The first kappa shape index (κ1) is 18.3. The van der Waals surface area contributed by atoms with Gasteiger partial charge in [-0.15, -0.1) is 0 Å². The highest BCUT2D eigenvalue weighted by Crippen LogP contribution is 2.44. The second-order valence-corrected chi connectivity index (χ2v) is 6.71. The summed E-state index contributed by atoms with van der Waals surface area (Å²) in [5.74, 6) is 0.00926. The molecule has 0 fully saturated rings. The molecule has 0 atom stereocenters. The molecule has 2 nitrogen and oxygen atoms in total. The summed E-state index contributed by atoms with van der Waals surface area (Å²) in [5.41, 5.74) is 3.59. The van der Waals surface area contributed by atoms with E-state index in [0.717, 1.165) is 21.3 Å². The molecule has 1 aliphatic heterocycles. The van der Waals surface area contributed by atoms with Gasteiger partial charge in [-0.3, -0.25) is 9.69 Å². The van der Waals surface area contributed by atoms with E-state index in [1.165, 1.54) is 0 Å². The predicted octanol–water partition coefficient (Wildman–Crippen LogP) is 6.70. The Morgan fingerprint density at radius 1 is 1.09 bits per heavy atom. The number of anilines is 2. The summed E-state index contributed by atoms with van der Waals surface area (Å²) in [6.45, 7) is 6.00. The number of carbonyl (C=O) groups excluding carboxylic acids is 1. The lowest BCUT2D eigenvalue weighted by Gasteiger charge is -2.31. The van der Waals surface area contributed by atoms with Gasteiger partial charge in [-0.25, -0.2) is 0 Å². The Bertz CT molecular complexity index is 726. The number of nitrogens with zero attached hydrogens (tertiary/aromatic N) is 1. The maximum atomic E-state index is 12.5. The zero-order valence-corrected chi connectivity index (χ0v) is 16.4. The maximum absolute atomic E-state index is 12.5. The number of hydrogen-bond donors (Lipinski definition) is 0. The molecule has 0 N–H and O–H groups in total. The first-order chi connectivity index (χ1) is 11.0. The summed E-state index contributed by atoms with van der Waals surface area (Å²) in [4.78, 5) is 14.1. The number of aryl methyl sites for hydroxylation is 1. The van der Waals surface area contributed by atoms with Crippen molar-refractivity contribution < 1.29 is 4.79 Å². The lowest BCUT2D eigenvalue weighted by atomic mass is 9.98. The zero-order chi connectivity index (χ0) is 17.1. The van der Waals surface area contributed by atoms with Gasteiger partial charge in [0, 0.05) is 10.9 Å². The molecule has 0 aromatic heterocycles. The molecule has 0 aliphatic carbocycles. The van der Waals surface area contributed by atoms with Gasteiger partial charge in [0.1, 0.15) is 0 Å². The molecule has 5 heteroatoms. The Morgan fingerprint density at radius 3 is 2.30 bits per heavy atom. The van der Waals surface area contributed by atoms with Crippen molar-refractivity contribution in [2.75, 3.05) is 4.90 Å². The molecule has 122 valence electrons. The van der Waals surface area contributed by atoms with Crippen molar-refractivity contribution >= 4 is 56.4 Å². The fourth-order valence-corrected chi connectivity index (χ4v) is 3.96. The van der Waals surface area contributed by atoms with Crippen LogP contribution >= 0.6 is 39.1 Å². The first-order valence-corrected chi connectivity index (χ1v) is 9.10. The number of benzene rings is 2. The van der Waals surface area contributed by atoms with Crippen molar-refractivity contribution in [2.45, 2.75) is 33.6 Å². The molecule has 0 radical (unpaired) electrons. The van der Waals surface area contributed by atoms with Crippen LogP contribution in [0, 0.1) is 6.92 Å². The molecule has 2 aromatic rings. The van der Waals surface area contributed by atoms with Crippen LogP contribution in [0.5, 0.6) is 0 Å². The Hall–Kier alpha value is -1.03. The van der Waals surface area contributed by atoms with Crippen LogP contribution < -0.4 is 4.90 Å². The minimum Gasteiger partial charge on any atom is -0.278 e. The fraction of sp³-hybridized carbons (Fsp3) is 0.278. The summed E-state index contributed by atoms with van der Waals surface area (Å²) < 4.78 is 1.01. The molecule has 3 rings (SSSR count). The lowest BCUT2D eigenvalue weighted by molar-refractivity contribution is -0.118. The largest absolute Gasteiger partial charge is 0.278 e. The van der Waals surface area contributed by atoms with Crippen LogP contribution in [0.1, 0.15) is 31.4 Å². The summed E-state index contributed by atoms with van der Waals surface area (Å²) in [7, 11) is 0. The van der Waals surface area contributed by atoms with Crippen LogP contribution in [-0.4, -0.2) is 5.91 Å². The molecule has 0 spiro atoms. The van der Waals surface area contributed by atoms with Crippen LogP contribution in [0.3, 0.4) is 0 Å². The van der Waals surface area contributed by atoms with E-state index in [-0.39, 0.29) is 5.91 Å². The molecule has 1 amide bonds. The van der Waals surface area contributed by atoms with Crippen molar-refractivity contribution in [2.24, 2.45) is 0 Å². The van der Waals surface area contributed by atoms with Gasteiger partial charge in [-0.2, -0.15) is 0 Å². The molecule has 1 aliphatic rings. The molecule has 0 saturated heterocycles. The fourth-order valence-electron chi connectivity index (χ4n) is 2.63. The summed E-state index contributed by atoms with van der Waals surface area (Å²) in [6, 6.07) is 9.32. The van der Waals surface area contributed by atoms with Gasteiger partial charge in [0.2, 0.25) is 5.91 Å². The van der Waals surface area contributed by atoms with E-state index in [1.54, 1.807) is 23.1 Å². The van der Waals surface area contributed by atoms with E-state index >= 15 is 0 Å². The first-order valence-electron chi connectivity index (χ1n) is 7.55. The molecular formula is C18H18BrCl2NO. The number of amides is 1. The van der Waals surface area contributed by atoms with Crippen LogP contribution in [0.2, 0.25) is 10.0 Å². The van der Waals surface area contributed by atoms with Crippen LogP contribution in [0.4, 0.5) is 11.4 Å². The average Bonchev–Trinajstić information content (AvgIpc) is 2.51. The van der Waals surface area contributed by atoms with Crippen molar-refractivity contribution in [1.29, 1.82) is 0 Å². The molecule has 23 heavy (non-hydrogen) atoms. The Labute approximate surface area is 155 Å². The normalized spacial score (nSPS) is 13.3. The SMILES string of the molecule is CC.Cc1cc(Br)c2c(c1)N(c1c(Cl)cccc1Cl)C(=O)CC2. The lowest BCUT2D eigenvalue weighted by Crippen LogP contribution is -2.31. The van der Waals surface area contributed by atoms with E-state index < -0.39 is 0 Å². The molecule has 0 bridgehead atoms. The summed E-state index contributed by atoms with van der Waals surface area (Å²) in [6.07, 6.45) is 1.16. The smallest absolute Gasteiger partial charge is 0.231 e. The van der Waals surface area contributed by atoms with Gasteiger partial charge in [0.15, 0.2) is 0 Å². The van der Waals surface area contributed by atoms with Crippen molar-refractivity contribution in [3.8, 4) is 0 Å². The van der Waals surface area contributed by atoms with Gasteiger partial charge in [0.25, 0.3) is 0 Å². The van der Waals surface area contributed by atoms with E-state index in [9.17, 15) is 4.79 Å². The highest BCUT2D eigenvalue weighted by atomic mass is 79.9. The third kappa shape index (κ3) is 3.57. The van der Waals surface area contributed by atoms with Gasteiger partial charge < -0.3 is 0 Å². The number of fused-ring (bicyclic) bond motifs is 1. The topological polar surface area (TPSA) is 20.3 Å². The molecule has 2 aromatic carbocycles. The summed E-state index contributed by atoms with van der Waals surface area (Å²) >= 11 is 16.2.